The van der Waals surface area contributed by atoms with Crippen molar-refractivity contribution in [2.75, 3.05) is 17.8 Å². The Morgan fingerprint density at radius 2 is 1.90 bits per heavy atom. The van der Waals surface area contributed by atoms with Gasteiger partial charge in [0, 0.05) is 6.54 Å². The van der Waals surface area contributed by atoms with Gasteiger partial charge in [-0.15, -0.1) is 12.4 Å². The molecular weight excluding hydrogens is 545 g/mol. The molecule has 2 N–H and O–H groups in total. The molecule has 3 aromatic rings. The molecule has 0 unspecified atom stereocenters. The van der Waals surface area contributed by atoms with Crippen molar-refractivity contribution in [1.29, 1.82) is 5.26 Å². The number of nitrogens with zero attached hydrogens (tertiary/aromatic N) is 3. The van der Waals surface area contributed by atoms with Gasteiger partial charge in [0.15, 0.2) is 11.6 Å². The van der Waals surface area contributed by atoms with E-state index >= 15 is 0 Å². The quantitative estimate of drug-likeness (QED) is 0.399. The largest absolute Gasteiger partial charge is 0.453 e. The molecule has 5 rings (SSSR count). The number of sulfonamides is 1. The third-order valence-electron chi connectivity index (χ3n) is 7.47. The summed E-state index contributed by atoms with van der Waals surface area (Å²) in [6.45, 7) is 2.52. The summed E-state index contributed by atoms with van der Waals surface area (Å²) in [4.78, 5) is 17.6. The van der Waals surface area contributed by atoms with E-state index in [2.05, 4.69) is 15.0 Å². The zero-order valence-corrected chi connectivity index (χ0v) is 23.0. The first kappa shape index (κ1) is 28.8. The summed E-state index contributed by atoms with van der Waals surface area (Å²) in [6, 6.07) is 8.75. The molecule has 2 aromatic carbocycles. The normalized spacial score (nSPS) is 16.5. The molecule has 1 saturated carbocycles. The van der Waals surface area contributed by atoms with Gasteiger partial charge in [-0.05, 0) is 81.4 Å². The van der Waals surface area contributed by atoms with Crippen LogP contribution in [0.5, 0.6) is 11.5 Å². The second kappa shape index (κ2) is 12.3. The van der Waals surface area contributed by atoms with Gasteiger partial charge in [-0.3, -0.25) is 14.1 Å². The maximum absolute atomic E-state index is 14.8. The van der Waals surface area contributed by atoms with Gasteiger partial charge in [-0.2, -0.15) is 5.26 Å². The van der Waals surface area contributed by atoms with E-state index in [1.165, 1.54) is 18.2 Å². The smallest absolute Gasteiger partial charge is 0.261 e. The van der Waals surface area contributed by atoms with Crippen molar-refractivity contribution < 1.29 is 17.5 Å². The molecule has 1 aliphatic heterocycles. The summed E-state index contributed by atoms with van der Waals surface area (Å²) in [7, 11) is -3.74. The van der Waals surface area contributed by atoms with Crippen LogP contribution in [0.25, 0.3) is 10.9 Å². The highest BCUT2D eigenvalue weighted by atomic mass is 35.5. The molecule has 39 heavy (non-hydrogen) atoms. The van der Waals surface area contributed by atoms with Crippen molar-refractivity contribution in [3.05, 3.63) is 58.4 Å². The number of aromatic nitrogens is 2. The number of fused-ring (bicyclic) bond motifs is 1. The highest BCUT2D eigenvalue weighted by molar-refractivity contribution is 7.93. The van der Waals surface area contributed by atoms with Crippen LogP contribution in [0.1, 0.15) is 50.5 Å². The summed E-state index contributed by atoms with van der Waals surface area (Å²) in [5.74, 6) is -0.539. The van der Waals surface area contributed by atoms with E-state index in [0.29, 0.717) is 36.2 Å². The Balaban J connectivity index is 0.00000353. The second-order valence-corrected chi connectivity index (χ2v) is 11.9. The number of benzene rings is 2. The zero-order valence-electron chi connectivity index (χ0n) is 21.4. The number of hydrogen-bond donors (Lipinski definition) is 2. The van der Waals surface area contributed by atoms with Crippen LogP contribution in [0.2, 0.25) is 0 Å². The molecule has 12 heteroatoms. The lowest BCUT2D eigenvalue weighted by molar-refractivity contribution is 0.336. The summed E-state index contributed by atoms with van der Waals surface area (Å²) in [5, 5.41) is 12.9. The van der Waals surface area contributed by atoms with Gasteiger partial charge in [0.05, 0.1) is 28.2 Å². The first-order chi connectivity index (χ1) is 18.4. The van der Waals surface area contributed by atoms with Crippen LogP contribution in [0.3, 0.4) is 0 Å². The molecule has 1 saturated heterocycles. The summed E-state index contributed by atoms with van der Waals surface area (Å²) < 4.78 is 50.2. The number of aryl methyl sites for hydroxylation is 1. The van der Waals surface area contributed by atoms with Gasteiger partial charge in [0.25, 0.3) is 5.56 Å². The molecular formula is C27H31ClFN5O4S. The number of halogens is 2. The lowest BCUT2D eigenvalue weighted by Gasteiger charge is -2.22. The maximum Gasteiger partial charge on any atom is 0.261 e. The molecule has 0 bridgehead atoms. The van der Waals surface area contributed by atoms with Crippen molar-refractivity contribution in [2.24, 2.45) is 5.92 Å². The Hall–Kier alpha value is -3.20. The number of nitriles is 1. The zero-order chi connectivity index (χ0) is 26.7. The first-order valence-corrected chi connectivity index (χ1v) is 14.5. The van der Waals surface area contributed by atoms with E-state index in [4.69, 9.17) is 4.74 Å². The minimum absolute atomic E-state index is 0. The average molecular weight is 576 g/mol. The van der Waals surface area contributed by atoms with Gasteiger partial charge in [-0.1, -0.05) is 12.8 Å². The van der Waals surface area contributed by atoms with Gasteiger partial charge < -0.3 is 10.1 Å². The van der Waals surface area contributed by atoms with Gasteiger partial charge >= 0.3 is 0 Å². The molecule has 2 fully saturated rings. The maximum atomic E-state index is 14.8. The molecule has 0 amide bonds. The predicted molar refractivity (Wildman–Crippen MR) is 149 cm³/mol. The van der Waals surface area contributed by atoms with E-state index in [9.17, 15) is 22.9 Å². The van der Waals surface area contributed by atoms with E-state index in [0.717, 1.165) is 51.3 Å². The fourth-order valence-corrected chi connectivity index (χ4v) is 6.86. The number of hydrogen-bond acceptors (Lipinski definition) is 7. The molecule has 1 aromatic heterocycles. The van der Waals surface area contributed by atoms with Crippen LogP contribution >= 0.6 is 12.4 Å². The summed E-state index contributed by atoms with van der Waals surface area (Å²) >= 11 is 0. The Morgan fingerprint density at radius 1 is 1.15 bits per heavy atom. The molecule has 0 spiro atoms. The van der Waals surface area contributed by atoms with Crippen molar-refractivity contribution in [2.45, 2.75) is 56.7 Å². The van der Waals surface area contributed by atoms with Crippen molar-refractivity contribution >= 4 is 39.0 Å². The lowest BCUT2D eigenvalue weighted by Crippen LogP contribution is -2.29. The topological polar surface area (TPSA) is 126 Å². The fourth-order valence-electron chi connectivity index (χ4n) is 5.26. The minimum atomic E-state index is -3.74. The highest BCUT2D eigenvalue weighted by Gasteiger charge is 2.30. The summed E-state index contributed by atoms with van der Waals surface area (Å²) in [6.07, 6.45) is 7.32. The molecule has 208 valence electrons. The fraction of sp³-hybridized carbons (Fsp3) is 0.444. The van der Waals surface area contributed by atoms with Crippen molar-refractivity contribution in [1.82, 2.24) is 14.9 Å². The number of nitrogens with one attached hydrogen (secondary N) is 2. The average Bonchev–Trinajstić information content (AvgIpc) is 3.48. The van der Waals surface area contributed by atoms with Crippen LogP contribution < -0.4 is 20.3 Å². The standard InChI is InChI=1S/C27H30FN5O4S.ClH/c28-23-6-8-25(32-38(35,36)20-3-1-2-4-20)22(16-29)26(23)37-19-5-7-24-21(15-19)27(34)33(17-31-24)14-11-18-9-12-30-13-10-18;/h5-8,15,17-18,20,30,32H,1-4,9-14H2;1H. The monoisotopic (exact) mass is 575 g/mol. The Kier molecular flexibility index (Phi) is 9.10. The second-order valence-electron chi connectivity index (χ2n) is 9.97. The van der Waals surface area contributed by atoms with Gasteiger partial charge in [0.2, 0.25) is 10.0 Å². The molecule has 2 aliphatic rings. The predicted octanol–water partition coefficient (Wildman–Crippen LogP) is 4.70. The molecule has 0 radical (unpaired) electrons. The minimum Gasteiger partial charge on any atom is -0.453 e. The number of piperidine rings is 1. The Morgan fingerprint density at radius 3 is 2.62 bits per heavy atom. The Bertz CT molecular complexity index is 1540. The van der Waals surface area contributed by atoms with Crippen LogP contribution in [-0.2, 0) is 16.6 Å². The highest BCUT2D eigenvalue weighted by Crippen LogP contribution is 2.35. The SMILES string of the molecule is Cl.N#Cc1c(NS(=O)(=O)C2CCCC2)ccc(F)c1Oc1ccc2ncn(CCC3CCNCC3)c(=O)c2c1. The first-order valence-electron chi connectivity index (χ1n) is 13.0. The third kappa shape index (κ3) is 6.35. The molecule has 1 aliphatic carbocycles. The van der Waals surface area contributed by atoms with Crippen LogP contribution in [0, 0.1) is 23.1 Å². The van der Waals surface area contributed by atoms with E-state index < -0.39 is 26.8 Å². The van der Waals surface area contributed by atoms with E-state index in [1.807, 2.05) is 6.07 Å². The summed E-state index contributed by atoms with van der Waals surface area (Å²) in [5.41, 5.74) is -0.0660. The van der Waals surface area contributed by atoms with Crippen LogP contribution in [0.15, 0.2) is 41.5 Å². The molecule has 9 nitrogen and oxygen atoms in total. The Labute approximate surface area is 232 Å². The molecule has 0 atom stereocenters. The van der Waals surface area contributed by atoms with Crippen LogP contribution in [-0.4, -0.2) is 36.3 Å². The number of anilines is 1. The lowest BCUT2D eigenvalue weighted by atomic mass is 9.95. The van der Waals surface area contributed by atoms with Crippen molar-refractivity contribution in [3.63, 3.8) is 0 Å². The van der Waals surface area contributed by atoms with Crippen molar-refractivity contribution in [3.8, 4) is 17.6 Å². The molecule has 2 heterocycles. The van der Waals surface area contributed by atoms with Crippen LogP contribution in [0.4, 0.5) is 10.1 Å². The van der Waals surface area contributed by atoms with Gasteiger partial charge in [0.1, 0.15) is 17.4 Å². The number of ether oxygens (including phenoxy) is 1. The number of rotatable bonds is 8. The van der Waals surface area contributed by atoms with Gasteiger partial charge in [-0.25, -0.2) is 17.8 Å². The van der Waals surface area contributed by atoms with E-state index in [1.54, 1.807) is 17.0 Å². The third-order valence-corrected chi connectivity index (χ3v) is 9.32. The van der Waals surface area contributed by atoms with E-state index in [-0.39, 0.29) is 35.0 Å².